The Hall–Kier alpha value is -2.66. The third-order valence-electron chi connectivity index (χ3n) is 3.15. The first-order valence-corrected chi connectivity index (χ1v) is 6.99. The van der Waals surface area contributed by atoms with Crippen LogP contribution in [0.2, 0.25) is 5.02 Å². The minimum atomic E-state index is -0.326. The topological polar surface area (TPSA) is 74.8 Å². The van der Waals surface area contributed by atoms with Gasteiger partial charge in [0.15, 0.2) is 0 Å². The molecule has 0 fully saturated rings. The summed E-state index contributed by atoms with van der Waals surface area (Å²) in [5.74, 6) is -0.249. The lowest BCUT2D eigenvalue weighted by Crippen LogP contribution is -2.14. The molecule has 0 atom stereocenters. The van der Waals surface area contributed by atoms with E-state index >= 15 is 0 Å². The van der Waals surface area contributed by atoms with Gasteiger partial charge in [0.25, 0.3) is 5.56 Å². The molecule has 1 amide bonds. The third-order valence-corrected chi connectivity index (χ3v) is 3.38. The van der Waals surface area contributed by atoms with E-state index in [1.54, 1.807) is 24.3 Å². The number of nitrogens with one attached hydrogen (secondary N) is 2. The predicted molar refractivity (Wildman–Crippen MR) is 87.1 cm³/mol. The molecule has 1 aromatic heterocycles. The Balaban J connectivity index is 2.25. The number of anilines is 1. The molecule has 5 nitrogen and oxygen atoms in total. The summed E-state index contributed by atoms with van der Waals surface area (Å²) >= 11 is 5.96. The fourth-order valence-corrected chi connectivity index (χ4v) is 2.40. The molecule has 0 unspecified atom stereocenters. The number of para-hydroxylation sites is 2. The molecular weight excluding hydrogens is 302 g/mol. The number of aromatic nitrogens is 2. The molecule has 0 aliphatic rings. The number of benzene rings is 2. The first-order valence-electron chi connectivity index (χ1n) is 6.61. The zero-order chi connectivity index (χ0) is 15.7. The van der Waals surface area contributed by atoms with Gasteiger partial charge in [-0.3, -0.25) is 9.59 Å². The number of hydrogen-bond acceptors (Lipinski definition) is 3. The molecule has 0 saturated carbocycles. The fourth-order valence-electron chi connectivity index (χ4n) is 2.23. The molecule has 0 aliphatic carbocycles. The monoisotopic (exact) mass is 313 g/mol. The van der Waals surface area contributed by atoms with Crippen molar-refractivity contribution in [1.82, 2.24) is 9.97 Å². The highest BCUT2D eigenvalue weighted by Crippen LogP contribution is 2.28. The van der Waals surface area contributed by atoms with Gasteiger partial charge in [-0.1, -0.05) is 23.7 Å². The van der Waals surface area contributed by atoms with Crippen LogP contribution in [0.25, 0.3) is 22.3 Å². The van der Waals surface area contributed by atoms with Crippen molar-refractivity contribution in [1.29, 1.82) is 0 Å². The van der Waals surface area contributed by atoms with Crippen LogP contribution in [0.4, 0.5) is 5.69 Å². The standard InChI is InChI=1S/C16H12ClN3O2/c1-9(21)18-14-8-10(17)6-7-11(14)15-16(22)20-13-5-3-2-4-12(13)19-15/h2-8H,1H3,(H,18,21)(H,20,22). The molecule has 3 rings (SSSR count). The molecule has 3 aromatic rings. The van der Waals surface area contributed by atoms with E-state index in [1.165, 1.54) is 6.92 Å². The van der Waals surface area contributed by atoms with Crippen LogP contribution in [-0.2, 0) is 4.79 Å². The molecule has 0 spiro atoms. The van der Waals surface area contributed by atoms with E-state index in [-0.39, 0.29) is 17.2 Å². The van der Waals surface area contributed by atoms with E-state index < -0.39 is 0 Å². The second-order valence-electron chi connectivity index (χ2n) is 4.80. The van der Waals surface area contributed by atoms with Crippen LogP contribution in [0.1, 0.15) is 6.92 Å². The van der Waals surface area contributed by atoms with Crippen molar-refractivity contribution in [2.45, 2.75) is 6.92 Å². The van der Waals surface area contributed by atoms with Crippen molar-refractivity contribution in [3.05, 3.63) is 57.8 Å². The zero-order valence-corrected chi connectivity index (χ0v) is 12.4. The van der Waals surface area contributed by atoms with Gasteiger partial charge in [-0.05, 0) is 30.3 Å². The second-order valence-corrected chi connectivity index (χ2v) is 5.24. The fraction of sp³-hybridized carbons (Fsp3) is 0.0625. The molecule has 0 radical (unpaired) electrons. The number of fused-ring (bicyclic) bond motifs is 1. The number of carbonyl (C=O) groups is 1. The average molecular weight is 314 g/mol. The van der Waals surface area contributed by atoms with Gasteiger partial charge in [0, 0.05) is 17.5 Å². The van der Waals surface area contributed by atoms with E-state index in [0.717, 1.165) is 0 Å². The number of carbonyl (C=O) groups excluding carboxylic acids is 1. The highest BCUT2D eigenvalue weighted by Gasteiger charge is 2.13. The maximum atomic E-state index is 12.3. The summed E-state index contributed by atoms with van der Waals surface area (Å²) in [6.45, 7) is 1.39. The Labute approximate surface area is 131 Å². The Bertz CT molecular complexity index is 934. The second kappa shape index (κ2) is 5.61. The third kappa shape index (κ3) is 2.71. The average Bonchev–Trinajstić information content (AvgIpc) is 2.46. The van der Waals surface area contributed by atoms with Crippen molar-refractivity contribution >= 4 is 34.2 Å². The van der Waals surface area contributed by atoms with Gasteiger partial charge in [0.1, 0.15) is 5.69 Å². The zero-order valence-electron chi connectivity index (χ0n) is 11.7. The van der Waals surface area contributed by atoms with E-state index in [9.17, 15) is 9.59 Å². The maximum Gasteiger partial charge on any atom is 0.275 e. The van der Waals surface area contributed by atoms with Crippen molar-refractivity contribution in [2.75, 3.05) is 5.32 Å². The van der Waals surface area contributed by atoms with E-state index in [4.69, 9.17) is 11.6 Å². The SMILES string of the molecule is CC(=O)Nc1cc(Cl)ccc1-c1nc2ccccc2[nH]c1=O. The van der Waals surface area contributed by atoms with Crippen molar-refractivity contribution < 1.29 is 4.79 Å². The molecule has 1 heterocycles. The van der Waals surface area contributed by atoms with Crippen LogP contribution in [-0.4, -0.2) is 15.9 Å². The summed E-state index contributed by atoms with van der Waals surface area (Å²) < 4.78 is 0. The van der Waals surface area contributed by atoms with Gasteiger partial charge >= 0.3 is 0 Å². The Morgan fingerprint density at radius 2 is 2.00 bits per heavy atom. The molecular formula is C16H12ClN3O2. The molecule has 110 valence electrons. The van der Waals surface area contributed by atoms with Crippen molar-refractivity contribution in [3.63, 3.8) is 0 Å². The number of hydrogen-bond donors (Lipinski definition) is 2. The predicted octanol–water partition coefficient (Wildman–Crippen LogP) is 3.20. The minimum Gasteiger partial charge on any atom is -0.326 e. The largest absolute Gasteiger partial charge is 0.326 e. The number of amides is 1. The molecule has 2 N–H and O–H groups in total. The molecule has 0 aliphatic heterocycles. The number of H-pyrrole nitrogens is 1. The molecule has 0 bridgehead atoms. The van der Waals surface area contributed by atoms with E-state index in [2.05, 4.69) is 15.3 Å². The van der Waals surface area contributed by atoms with Gasteiger partial charge in [0.05, 0.1) is 16.7 Å². The Kier molecular flexibility index (Phi) is 3.65. The first kappa shape index (κ1) is 14.3. The molecule has 6 heteroatoms. The summed E-state index contributed by atoms with van der Waals surface area (Å²) in [6.07, 6.45) is 0. The van der Waals surface area contributed by atoms with Crippen LogP contribution in [0.15, 0.2) is 47.3 Å². The lowest BCUT2D eigenvalue weighted by atomic mass is 10.1. The molecule has 22 heavy (non-hydrogen) atoms. The summed E-state index contributed by atoms with van der Waals surface area (Å²) in [7, 11) is 0. The highest BCUT2D eigenvalue weighted by atomic mass is 35.5. The summed E-state index contributed by atoms with van der Waals surface area (Å²) in [6, 6.07) is 12.2. The number of rotatable bonds is 2. The van der Waals surface area contributed by atoms with Crippen LogP contribution in [0.3, 0.4) is 0 Å². The normalized spacial score (nSPS) is 10.6. The van der Waals surface area contributed by atoms with Gasteiger partial charge < -0.3 is 10.3 Å². The lowest BCUT2D eigenvalue weighted by molar-refractivity contribution is -0.114. The first-order chi connectivity index (χ1) is 10.5. The summed E-state index contributed by atoms with van der Waals surface area (Å²) in [5.41, 5.74) is 2.21. The van der Waals surface area contributed by atoms with Gasteiger partial charge in [-0.25, -0.2) is 4.98 Å². The number of nitrogens with zero attached hydrogens (tertiary/aromatic N) is 1. The summed E-state index contributed by atoms with van der Waals surface area (Å²) in [4.78, 5) is 30.8. The van der Waals surface area contributed by atoms with E-state index in [0.29, 0.717) is 27.3 Å². The molecule has 0 saturated heterocycles. The number of aromatic amines is 1. The van der Waals surface area contributed by atoms with E-state index in [1.807, 2.05) is 18.2 Å². The highest BCUT2D eigenvalue weighted by molar-refractivity contribution is 6.31. The summed E-state index contributed by atoms with van der Waals surface area (Å²) in [5, 5.41) is 3.13. The smallest absolute Gasteiger partial charge is 0.275 e. The Morgan fingerprint density at radius 3 is 2.77 bits per heavy atom. The van der Waals surface area contributed by atoms with Crippen molar-refractivity contribution in [2.24, 2.45) is 0 Å². The lowest BCUT2D eigenvalue weighted by Gasteiger charge is -2.10. The van der Waals surface area contributed by atoms with Gasteiger partial charge in [-0.15, -0.1) is 0 Å². The maximum absolute atomic E-state index is 12.3. The minimum absolute atomic E-state index is 0.235. The number of halogens is 1. The quantitative estimate of drug-likeness (QED) is 0.763. The molecule has 2 aromatic carbocycles. The van der Waals surface area contributed by atoms with Crippen LogP contribution >= 0.6 is 11.6 Å². The van der Waals surface area contributed by atoms with Crippen LogP contribution in [0, 0.1) is 0 Å². The van der Waals surface area contributed by atoms with Crippen LogP contribution < -0.4 is 10.9 Å². The van der Waals surface area contributed by atoms with Crippen molar-refractivity contribution in [3.8, 4) is 11.3 Å². The van der Waals surface area contributed by atoms with Crippen LogP contribution in [0.5, 0.6) is 0 Å². The van der Waals surface area contributed by atoms with Gasteiger partial charge in [-0.2, -0.15) is 0 Å². The Morgan fingerprint density at radius 1 is 1.23 bits per heavy atom. The van der Waals surface area contributed by atoms with Gasteiger partial charge in [0.2, 0.25) is 5.91 Å².